The van der Waals surface area contributed by atoms with Crippen LogP contribution in [0, 0.1) is 0 Å². The van der Waals surface area contributed by atoms with Gasteiger partial charge in [-0.3, -0.25) is 0 Å². The minimum Gasteiger partial charge on any atom is -0.328 e. The molecular weight excluding hydrogens is 311 g/mol. The standard InChI is InChI=1S/C15H14Cl2N2S/c16-7-5-15-18-13-10-11(17)3-4-14(13)19(15)8-6-12-2-1-9-20-12/h1-4,9-10H,5-8H2. The summed E-state index contributed by atoms with van der Waals surface area (Å²) in [5, 5.41) is 2.83. The third-order valence-electron chi connectivity index (χ3n) is 3.27. The number of hydrogen-bond acceptors (Lipinski definition) is 2. The van der Waals surface area contributed by atoms with Gasteiger partial charge in [-0.25, -0.2) is 4.98 Å². The summed E-state index contributed by atoms with van der Waals surface area (Å²) < 4.78 is 2.26. The number of thiophene rings is 1. The van der Waals surface area contributed by atoms with Gasteiger partial charge in [0.25, 0.3) is 0 Å². The lowest BCUT2D eigenvalue weighted by Gasteiger charge is -2.07. The fourth-order valence-corrected chi connectivity index (χ4v) is 3.39. The largest absolute Gasteiger partial charge is 0.328 e. The molecule has 0 fully saturated rings. The van der Waals surface area contributed by atoms with Crippen molar-refractivity contribution in [3.63, 3.8) is 0 Å². The van der Waals surface area contributed by atoms with Gasteiger partial charge in [-0.05, 0) is 36.1 Å². The van der Waals surface area contributed by atoms with Gasteiger partial charge in [0.05, 0.1) is 11.0 Å². The van der Waals surface area contributed by atoms with Crippen LogP contribution in [0.3, 0.4) is 0 Å². The number of nitrogens with zero attached hydrogens (tertiary/aromatic N) is 2. The van der Waals surface area contributed by atoms with Gasteiger partial charge in [-0.15, -0.1) is 22.9 Å². The number of rotatable bonds is 5. The average Bonchev–Trinajstić information content (AvgIpc) is 3.04. The van der Waals surface area contributed by atoms with Gasteiger partial charge in [0.1, 0.15) is 5.82 Å². The van der Waals surface area contributed by atoms with Crippen molar-refractivity contribution in [2.24, 2.45) is 0 Å². The molecule has 1 aromatic carbocycles. The van der Waals surface area contributed by atoms with Gasteiger partial charge < -0.3 is 4.57 Å². The Balaban J connectivity index is 1.95. The van der Waals surface area contributed by atoms with E-state index in [0.717, 1.165) is 41.3 Å². The van der Waals surface area contributed by atoms with E-state index in [0.29, 0.717) is 5.88 Å². The molecule has 20 heavy (non-hydrogen) atoms. The normalized spacial score (nSPS) is 11.3. The van der Waals surface area contributed by atoms with E-state index in [1.54, 1.807) is 11.3 Å². The van der Waals surface area contributed by atoms with Crippen molar-refractivity contribution in [1.82, 2.24) is 9.55 Å². The first-order valence-corrected chi connectivity index (χ1v) is 8.30. The minimum atomic E-state index is 0.579. The average molecular weight is 325 g/mol. The van der Waals surface area contributed by atoms with E-state index in [4.69, 9.17) is 23.2 Å². The van der Waals surface area contributed by atoms with Crippen molar-refractivity contribution in [2.45, 2.75) is 19.4 Å². The second-order valence-corrected chi connectivity index (χ2v) is 6.43. The molecule has 0 amide bonds. The van der Waals surface area contributed by atoms with E-state index >= 15 is 0 Å². The van der Waals surface area contributed by atoms with Crippen LogP contribution in [-0.2, 0) is 19.4 Å². The van der Waals surface area contributed by atoms with E-state index in [2.05, 4.69) is 27.1 Å². The van der Waals surface area contributed by atoms with Gasteiger partial charge in [0, 0.05) is 28.7 Å². The van der Waals surface area contributed by atoms with Gasteiger partial charge in [-0.2, -0.15) is 0 Å². The van der Waals surface area contributed by atoms with Crippen molar-refractivity contribution >= 4 is 45.6 Å². The van der Waals surface area contributed by atoms with Gasteiger partial charge in [0.15, 0.2) is 0 Å². The zero-order valence-electron chi connectivity index (χ0n) is 10.9. The highest BCUT2D eigenvalue weighted by Crippen LogP contribution is 2.22. The number of halogens is 2. The lowest BCUT2D eigenvalue weighted by Crippen LogP contribution is -2.06. The number of hydrogen-bond donors (Lipinski definition) is 0. The summed E-state index contributed by atoms with van der Waals surface area (Å²) in [6.45, 7) is 0.921. The number of imidazole rings is 1. The molecule has 0 radical (unpaired) electrons. The maximum absolute atomic E-state index is 6.04. The van der Waals surface area contributed by atoms with Crippen LogP contribution in [0.4, 0.5) is 0 Å². The van der Waals surface area contributed by atoms with Crippen molar-refractivity contribution in [3.05, 3.63) is 51.4 Å². The maximum atomic E-state index is 6.04. The first kappa shape index (κ1) is 13.9. The molecule has 0 aliphatic carbocycles. The molecule has 2 aromatic heterocycles. The van der Waals surface area contributed by atoms with Gasteiger partial charge in [0.2, 0.25) is 0 Å². The molecule has 2 heterocycles. The molecule has 104 valence electrons. The Labute approximate surface area is 132 Å². The van der Waals surface area contributed by atoms with Crippen LogP contribution in [0.1, 0.15) is 10.7 Å². The van der Waals surface area contributed by atoms with Crippen LogP contribution in [0.25, 0.3) is 11.0 Å². The Kier molecular flexibility index (Phi) is 4.29. The molecule has 0 unspecified atom stereocenters. The highest BCUT2D eigenvalue weighted by molar-refractivity contribution is 7.09. The zero-order valence-corrected chi connectivity index (χ0v) is 13.2. The fraction of sp³-hybridized carbons (Fsp3) is 0.267. The maximum Gasteiger partial charge on any atom is 0.111 e. The third-order valence-corrected chi connectivity index (χ3v) is 4.63. The van der Waals surface area contributed by atoms with E-state index in [9.17, 15) is 0 Å². The molecule has 2 nitrogen and oxygen atoms in total. The topological polar surface area (TPSA) is 17.8 Å². The summed E-state index contributed by atoms with van der Waals surface area (Å²) in [6, 6.07) is 10.1. The summed E-state index contributed by atoms with van der Waals surface area (Å²) in [6.07, 6.45) is 1.79. The van der Waals surface area contributed by atoms with E-state index in [1.165, 1.54) is 4.88 Å². The second kappa shape index (κ2) is 6.17. The summed E-state index contributed by atoms with van der Waals surface area (Å²) in [5.74, 6) is 1.62. The Morgan fingerprint density at radius 3 is 2.85 bits per heavy atom. The molecule has 5 heteroatoms. The molecule has 0 aliphatic heterocycles. The lowest BCUT2D eigenvalue weighted by molar-refractivity contribution is 0.679. The Bertz CT molecular complexity index is 704. The van der Waals surface area contributed by atoms with Gasteiger partial charge in [-0.1, -0.05) is 17.7 Å². The highest BCUT2D eigenvalue weighted by Gasteiger charge is 2.11. The minimum absolute atomic E-state index is 0.579. The quantitative estimate of drug-likeness (QED) is 0.618. The Morgan fingerprint density at radius 2 is 2.10 bits per heavy atom. The van der Waals surface area contributed by atoms with Crippen molar-refractivity contribution in [2.75, 3.05) is 5.88 Å². The van der Waals surface area contributed by atoms with Gasteiger partial charge >= 0.3 is 0 Å². The molecule has 0 spiro atoms. The molecule has 3 aromatic rings. The SMILES string of the molecule is ClCCc1nc2cc(Cl)ccc2n1CCc1cccs1. The van der Waals surface area contributed by atoms with Crippen LogP contribution in [0.15, 0.2) is 35.7 Å². The number of aromatic nitrogens is 2. The summed E-state index contributed by atoms with van der Waals surface area (Å²) in [4.78, 5) is 6.05. The molecule has 0 saturated carbocycles. The summed E-state index contributed by atoms with van der Waals surface area (Å²) in [7, 11) is 0. The molecule has 0 N–H and O–H groups in total. The van der Waals surface area contributed by atoms with Crippen LogP contribution in [-0.4, -0.2) is 15.4 Å². The van der Waals surface area contributed by atoms with Crippen LogP contribution in [0.5, 0.6) is 0 Å². The number of benzene rings is 1. The predicted octanol–water partition coefficient (Wildman–Crippen LogP) is 4.78. The zero-order chi connectivity index (χ0) is 13.9. The third kappa shape index (κ3) is 2.85. The number of alkyl halides is 1. The first-order chi connectivity index (χ1) is 9.78. The van der Waals surface area contributed by atoms with Crippen LogP contribution >= 0.6 is 34.5 Å². The predicted molar refractivity (Wildman–Crippen MR) is 87.2 cm³/mol. The molecular formula is C15H14Cl2N2S. The van der Waals surface area contributed by atoms with E-state index in [-0.39, 0.29) is 0 Å². The first-order valence-electron chi connectivity index (χ1n) is 6.51. The molecule has 0 aliphatic rings. The number of fused-ring (bicyclic) bond motifs is 1. The fourth-order valence-electron chi connectivity index (χ4n) is 2.35. The van der Waals surface area contributed by atoms with E-state index in [1.807, 2.05) is 18.2 Å². The highest BCUT2D eigenvalue weighted by atomic mass is 35.5. The van der Waals surface area contributed by atoms with E-state index < -0.39 is 0 Å². The molecule has 0 saturated heterocycles. The second-order valence-electron chi connectivity index (χ2n) is 4.58. The van der Waals surface area contributed by atoms with Crippen molar-refractivity contribution < 1.29 is 0 Å². The molecule has 3 rings (SSSR count). The molecule has 0 bridgehead atoms. The van der Waals surface area contributed by atoms with Crippen molar-refractivity contribution in [1.29, 1.82) is 0 Å². The van der Waals surface area contributed by atoms with Crippen LogP contribution < -0.4 is 0 Å². The smallest absolute Gasteiger partial charge is 0.111 e. The lowest BCUT2D eigenvalue weighted by atomic mass is 10.3. The molecule has 0 atom stereocenters. The summed E-state index contributed by atoms with van der Waals surface area (Å²) in [5.41, 5.74) is 2.08. The Hall–Kier alpha value is -1.03. The van der Waals surface area contributed by atoms with Crippen LogP contribution in [0.2, 0.25) is 5.02 Å². The Morgan fingerprint density at radius 1 is 1.20 bits per heavy atom. The monoisotopic (exact) mass is 324 g/mol. The number of aryl methyl sites for hydroxylation is 3. The summed E-state index contributed by atoms with van der Waals surface area (Å²) >= 11 is 13.7. The van der Waals surface area contributed by atoms with Crippen molar-refractivity contribution in [3.8, 4) is 0 Å².